The van der Waals surface area contributed by atoms with Gasteiger partial charge in [-0.15, -0.1) is 11.8 Å². The van der Waals surface area contributed by atoms with Crippen molar-refractivity contribution in [3.05, 3.63) is 29.3 Å². The third kappa shape index (κ3) is 4.00. The van der Waals surface area contributed by atoms with E-state index in [1.54, 1.807) is 11.8 Å². The first-order valence-electron chi connectivity index (χ1n) is 7.04. The molecule has 2 nitrogen and oxygen atoms in total. The Hall–Kier alpha value is -0.960. The smallest absolute Gasteiger partial charge is 0.232 e. The number of thioether (sulfide) groups is 1. The van der Waals surface area contributed by atoms with Gasteiger partial charge in [-0.2, -0.15) is 0 Å². The van der Waals surface area contributed by atoms with Gasteiger partial charge in [0.2, 0.25) is 5.91 Å². The van der Waals surface area contributed by atoms with Gasteiger partial charge in [0.05, 0.1) is 5.75 Å². The lowest BCUT2D eigenvalue weighted by Gasteiger charge is -2.30. The largest absolute Gasteiger partial charge is 0.342 e. The zero-order chi connectivity index (χ0) is 13.8. The van der Waals surface area contributed by atoms with E-state index in [2.05, 4.69) is 39.0 Å². The molecule has 0 bridgehead atoms. The van der Waals surface area contributed by atoms with Gasteiger partial charge < -0.3 is 4.90 Å². The topological polar surface area (TPSA) is 20.3 Å². The number of carbonyl (C=O) groups excluding carboxylic acids is 1. The lowest BCUT2D eigenvalue weighted by atomic mass is 9.99. The molecule has 104 valence electrons. The van der Waals surface area contributed by atoms with E-state index < -0.39 is 0 Å². The Morgan fingerprint density at radius 1 is 1.32 bits per heavy atom. The van der Waals surface area contributed by atoms with E-state index in [0.717, 1.165) is 31.8 Å². The fourth-order valence-electron chi connectivity index (χ4n) is 2.45. The molecular formula is C16H23NOS. The van der Waals surface area contributed by atoms with Crippen molar-refractivity contribution < 1.29 is 4.79 Å². The quantitative estimate of drug-likeness (QED) is 0.786. The average molecular weight is 277 g/mol. The van der Waals surface area contributed by atoms with Crippen molar-refractivity contribution in [1.82, 2.24) is 4.90 Å². The Morgan fingerprint density at radius 3 is 2.63 bits per heavy atom. The van der Waals surface area contributed by atoms with E-state index in [9.17, 15) is 4.79 Å². The lowest BCUT2D eigenvalue weighted by molar-refractivity contribution is -0.129. The minimum Gasteiger partial charge on any atom is -0.342 e. The van der Waals surface area contributed by atoms with Crippen molar-refractivity contribution in [3.63, 3.8) is 0 Å². The van der Waals surface area contributed by atoms with E-state index in [4.69, 9.17) is 0 Å². The van der Waals surface area contributed by atoms with Crippen molar-refractivity contribution in [2.45, 2.75) is 38.5 Å². The zero-order valence-corrected chi connectivity index (χ0v) is 12.9. The Bertz CT molecular complexity index is 450. The van der Waals surface area contributed by atoms with E-state index in [0.29, 0.717) is 5.75 Å². The van der Waals surface area contributed by atoms with Crippen LogP contribution in [0.1, 0.15) is 30.9 Å². The number of aryl methyl sites for hydroxylation is 2. The van der Waals surface area contributed by atoms with Crippen LogP contribution < -0.4 is 0 Å². The first kappa shape index (κ1) is 14.4. The molecule has 0 aromatic heterocycles. The molecular weight excluding hydrogens is 254 g/mol. The van der Waals surface area contributed by atoms with Crippen LogP contribution in [0.5, 0.6) is 0 Å². The molecule has 1 saturated heterocycles. The number of likely N-dealkylation sites (tertiary alicyclic amines) is 1. The molecule has 0 atom stereocenters. The minimum absolute atomic E-state index is 0.289. The summed E-state index contributed by atoms with van der Waals surface area (Å²) in [6.45, 7) is 8.36. The average Bonchev–Trinajstić information content (AvgIpc) is 2.38. The second-order valence-corrected chi connectivity index (χ2v) is 6.64. The second kappa shape index (κ2) is 6.47. The first-order valence-corrected chi connectivity index (χ1v) is 8.02. The van der Waals surface area contributed by atoms with E-state index in [-0.39, 0.29) is 5.91 Å². The fourth-order valence-corrected chi connectivity index (χ4v) is 3.36. The number of rotatable bonds is 3. The summed E-state index contributed by atoms with van der Waals surface area (Å²) in [4.78, 5) is 15.4. The van der Waals surface area contributed by atoms with Crippen LogP contribution >= 0.6 is 11.8 Å². The molecule has 0 radical (unpaired) electrons. The second-order valence-electron chi connectivity index (χ2n) is 5.62. The number of benzene rings is 1. The number of carbonyl (C=O) groups is 1. The molecule has 0 saturated carbocycles. The Kier molecular flexibility index (Phi) is 4.92. The predicted octanol–water partition coefficient (Wildman–Crippen LogP) is 3.65. The fraction of sp³-hybridized carbons (Fsp3) is 0.562. The molecule has 0 spiro atoms. The van der Waals surface area contributed by atoms with E-state index >= 15 is 0 Å². The number of nitrogens with zero attached hydrogens (tertiary/aromatic N) is 1. The van der Waals surface area contributed by atoms with Gasteiger partial charge in [-0.05, 0) is 44.2 Å². The van der Waals surface area contributed by atoms with Crippen LogP contribution in [0, 0.1) is 19.8 Å². The molecule has 1 aromatic rings. The summed E-state index contributed by atoms with van der Waals surface area (Å²) >= 11 is 1.67. The van der Waals surface area contributed by atoms with Gasteiger partial charge in [0.25, 0.3) is 0 Å². The van der Waals surface area contributed by atoms with Gasteiger partial charge >= 0.3 is 0 Å². The van der Waals surface area contributed by atoms with Crippen molar-refractivity contribution in [3.8, 4) is 0 Å². The highest BCUT2D eigenvalue weighted by Crippen LogP contribution is 2.24. The molecule has 1 aromatic carbocycles. The van der Waals surface area contributed by atoms with Gasteiger partial charge in [0, 0.05) is 18.0 Å². The Balaban J connectivity index is 1.86. The third-order valence-corrected chi connectivity index (χ3v) is 4.98. The molecule has 1 amide bonds. The molecule has 1 fully saturated rings. The first-order chi connectivity index (χ1) is 9.06. The summed E-state index contributed by atoms with van der Waals surface area (Å²) in [5, 5.41) is 0. The highest BCUT2D eigenvalue weighted by atomic mass is 32.2. The number of piperidine rings is 1. The highest BCUT2D eigenvalue weighted by molar-refractivity contribution is 8.00. The monoisotopic (exact) mass is 277 g/mol. The molecule has 2 rings (SSSR count). The SMILES string of the molecule is Cc1ccc(SCC(=O)N2CCC(C)CC2)c(C)c1. The van der Waals surface area contributed by atoms with Crippen LogP contribution in [0.3, 0.4) is 0 Å². The summed E-state index contributed by atoms with van der Waals surface area (Å²) in [5.74, 6) is 1.63. The van der Waals surface area contributed by atoms with Gasteiger partial charge in [0.1, 0.15) is 0 Å². The van der Waals surface area contributed by atoms with Crippen LogP contribution in [0.4, 0.5) is 0 Å². The molecule has 3 heteroatoms. The summed E-state index contributed by atoms with van der Waals surface area (Å²) in [6.07, 6.45) is 2.31. The molecule has 0 aliphatic carbocycles. The molecule has 1 aliphatic rings. The maximum absolute atomic E-state index is 12.2. The van der Waals surface area contributed by atoms with Crippen molar-refractivity contribution in [1.29, 1.82) is 0 Å². The number of hydrogen-bond acceptors (Lipinski definition) is 2. The zero-order valence-electron chi connectivity index (χ0n) is 12.1. The van der Waals surface area contributed by atoms with Crippen LogP contribution in [0.25, 0.3) is 0 Å². The summed E-state index contributed by atoms with van der Waals surface area (Å²) in [6, 6.07) is 6.42. The van der Waals surface area contributed by atoms with Crippen molar-refractivity contribution in [2.75, 3.05) is 18.8 Å². The Labute approximate surface area is 120 Å². The van der Waals surface area contributed by atoms with Crippen LogP contribution in [-0.4, -0.2) is 29.6 Å². The molecule has 0 N–H and O–H groups in total. The van der Waals surface area contributed by atoms with Gasteiger partial charge in [0.15, 0.2) is 0 Å². The standard InChI is InChI=1S/C16H23NOS/c1-12-6-8-17(9-7-12)16(18)11-19-15-5-4-13(2)10-14(15)3/h4-5,10,12H,6-9,11H2,1-3H3. The van der Waals surface area contributed by atoms with E-state index in [1.165, 1.54) is 16.0 Å². The maximum Gasteiger partial charge on any atom is 0.232 e. The van der Waals surface area contributed by atoms with Gasteiger partial charge in [-0.25, -0.2) is 0 Å². The normalized spacial score (nSPS) is 16.7. The van der Waals surface area contributed by atoms with Gasteiger partial charge in [-0.3, -0.25) is 4.79 Å². The minimum atomic E-state index is 0.289. The van der Waals surface area contributed by atoms with Crippen molar-refractivity contribution >= 4 is 17.7 Å². The summed E-state index contributed by atoms with van der Waals surface area (Å²) in [7, 11) is 0. The third-order valence-electron chi connectivity index (χ3n) is 3.82. The molecule has 1 aliphatic heterocycles. The molecule has 19 heavy (non-hydrogen) atoms. The Morgan fingerprint density at radius 2 is 2.00 bits per heavy atom. The van der Waals surface area contributed by atoms with Crippen LogP contribution in [-0.2, 0) is 4.79 Å². The summed E-state index contributed by atoms with van der Waals surface area (Å²) in [5.41, 5.74) is 2.54. The number of amides is 1. The lowest BCUT2D eigenvalue weighted by Crippen LogP contribution is -2.38. The van der Waals surface area contributed by atoms with Crippen LogP contribution in [0.2, 0.25) is 0 Å². The predicted molar refractivity (Wildman–Crippen MR) is 81.6 cm³/mol. The molecule has 1 heterocycles. The van der Waals surface area contributed by atoms with Crippen molar-refractivity contribution in [2.24, 2.45) is 5.92 Å². The highest BCUT2D eigenvalue weighted by Gasteiger charge is 2.20. The van der Waals surface area contributed by atoms with E-state index in [1.807, 2.05) is 4.90 Å². The van der Waals surface area contributed by atoms with Gasteiger partial charge in [-0.1, -0.05) is 24.6 Å². The number of hydrogen-bond donors (Lipinski definition) is 0. The summed E-state index contributed by atoms with van der Waals surface area (Å²) < 4.78 is 0. The van der Waals surface area contributed by atoms with Crippen LogP contribution in [0.15, 0.2) is 23.1 Å². The molecule has 0 unspecified atom stereocenters. The maximum atomic E-state index is 12.2.